The minimum absolute atomic E-state index is 0.0489. The zero-order chi connectivity index (χ0) is 21.5. The van der Waals surface area contributed by atoms with Gasteiger partial charge in [0, 0.05) is 49.1 Å². The van der Waals surface area contributed by atoms with Crippen LogP contribution < -0.4 is 15.0 Å². The largest absolute Gasteiger partial charge is 0.484 e. The fraction of sp³-hybridized carbons (Fsp3) is 0.240. The van der Waals surface area contributed by atoms with E-state index in [1.165, 1.54) is 11.3 Å². The maximum absolute atomic E-state index is 12.1. The molecule has 0 saturated carbocycles. The number of piperazine rings is 1. The van der Waals surface area contributed by atoms with Crippen molar-refractivity contribution in [2.75, 3.05) is 43.0 Å². The molecule has 1 amide bonds. The number of nitrogens with zero attached hydrogens (tertiary/aromatic N) is 2. The Morgan fingerprint density at radius 1 is 0.871 bits per heavy atom. The summed E-state index contributed by atoms with van der Waals surface area (Å²) in [4.78, 5) is 17.0. The van der Waals surface area contributed by atoms with E-state index in [2.05, 4.69) is 57.6 Å². The SMILES string of the molecule is O=C(COc1ccc(Cl)cc1)Nc1ccc(N2CCN(Cc3ccccc3)CC2)cc1. The van der Waals surface area contributed by atoms with Crippen LogP contribution in [0, 0.1) is 0 Å². The van der Waals surface area contributed by atoms with Gasteiger partial charge in [0.25, 0.3) is 5.91 Å². The van der Waals surface area contributed by atoms with Crippen LogP contribution in [0.1, 0.15) is 5.56 Å². The fourth-order valence-electron chi connectivity index (χ4n) is 3.64. The Morgan fingerprint density at radius 2 is 1.55 bits per heavy atom. The molecule has 4 rings (SSSR count). The zero-order valence-electron chi connectivity index (χ0n) is 17.3. The van der Waals surface area contributed by atoms with Crippen molar-refractivity contribution in [3.8, 4) is 5.75 Å². The van der Waals surface area contributed by atoms with Gasteiger partial charge in [0.15, 0.2) is 6.61 Å². The highest BCUT2D eigenvalue weighted by molar-refractivity contribution is 6.30. The molecule has 6 heteroatoms. The number of nitrogens with one attached hydrogen (secondary N) is 1. The van der Waals surface area contributed by atoms with Gasteiger partial charge < -0.3 is 15.0 Å². The van der Waals surface area contributed by atoms with Crippen LogP contribution in [0.3, 0.4) is 0 Å². The predicted molar refractivity (Wildman–Crippen MR) is 126 cm³/mol. The third kappa shape index (κ3) is 6.23. The molecule has 0 aliphatic carbocycles. The number of benzene rings is 3. The van der Waals surface area contributed by atoms with Gasteiger partial charge in [-0.15, -0.1) is 0 Å². The highest BCUT2D eigenvalue weighted by Crippen LogP contribution is 2.20. The molecule has 0 bridgehead atoms. The van der Waals surface area contributed by atoms with E-state index in [9.17, 15) is 4.79 Å². The molecule has 3 aromatic carbocycles. The lowest BCUT2D eigenvalue weighted by Crippen LogP contribution is -2.45. The van der Waals surface area contributed by atoms with Crippen molar-refractivity contribution >= 4 is 28.9 Å². The first-order valence-corrected chi connectivity index (χ1v) is 10.8. The number of hydrogen-bond acceptors (Lipinski definition) is 4. The van der Waals surface area contributed by atoms with E-state index < -0.39 is 0 Å². The number of ether oxygens (including phenoxy) is 1. The van der Waals surface area contributed by atoms with E-state index in [0.29, 0.717) is 10.8 Å². The first-order chi connectivity index (χ1) is 15.2. The van der Waals surface area contributed by atoms with E-state index in [1.54, 1.807) is 24.3 Å². The molecule has 0 spiro atoms. The van der Waals surface area contributed by atoms with Gasteiger partial charge in [-0.3, -0.25) is 9.69 Å². The van der Waals surface area contributed by atoms with Crippen LogP contribution in [-0.4, -0.2) is 43.6 Å². The number of anilines is 2. The van der Waals surface area contributed by atoms with Crippen LogP contribution in [0.15, 0.2) is 78.9 Å². The van der Waals surface area contributed by atoms with Gasteiger partial charge in [-0.05, 0) is 54.1 Å². The summed E-state index contributed by atoms with van der Waals surface area (Å²) in [5, 5.41) is 3.51. The van der Waals surface area contributed by atoms with Crippen molar-refractivity contribution < 1.29 is 9.53 Å². The number of hydrogen-bond donors (Lipinski definition) is 1. The molecule has 0 radical (unpaired) electrons. The number of halogens is 1. The number of carbonyl (C=O) groups excluding carboxylic acids is 1. The highest BCUT2D eigenvalue weighted by Gasteiger charge is 2.17. The van der Waals surface area contributed by atoms with Crippen LogP contribution in [0.5, 0.6) is 5.75 Å². The monoisotopic (exact) mass is 435 g/mol. The minimum atomic E-state index is -0.197. The molecule has 0 unspecified atom stereocenters. The van der Waals surface area contributed by atoms with E-state index in [0.717, 1.165) is 38.4 Å². The average molecular weight is 436 g/mol. The first kappa shape index (κ1) is 21.2. The second-order valence-electron chi connectivity index (χ2n) is 7.59. The molecule has 5 nitrogen and oxygen atoms in total. The molecule has 3 aromatic rings. The summed E-state index contributed by atoms with van der Waals surface area (Å²) >= 11 is 5.85. The minimum Gasteiger partial charge on any atom is -0.484 e. The summed E-state index contributed by atoms with van der Waals surface area (Å²) in [7, 11) is 0. The Morgan fingerprint density at radius 3 is 2.23 bits per heavy atom. The van der Waals surface area contributed by atoms with Crippen LogP contribution >= 0.6 is 11.6 Å². The summed E-state index contributed by atoms with van der Waals surface area (Å²) in [6.07, 6.45) is 0. The molecule has 31 heavy (non-hydrogen) atoms. The van der Waals surface area contributed by atoms with Gasteiger partial charge in [-0.2, -0.15) is 0 Å². The Labute approximate surface area is 188 Å². The normalized spacial score (nSPS) is 14.3. The van der Waals surface area contributed by atoms with Crippen LogP contribution in [0.2, 0.25) is 5.02 Å². The molecule has 1 fully saturated rings. The van der Waals surface area contributed by atoms with Crippen molar-refractivity contribution in [3.63, 3.8) is 0 Å². The zero-order valence-corrected chi connectivity index (χ0v) is 18.1. The van der Waals surface area contributed by atoms with Crippen LogP contribution in [0.4, 0.5) is 11.4 Å². The third-order valence-electron chi connectivity index (χ3n) is 5.32. The van der Waals surface area contributed by atoms with Crippen molar-refractivity contribution in [1.29, 1.82) is 0 Å². The molecule has 160 valence electrons. The molecular formula is C25H26ClN3O2. The van der Waals surface area contributed by atoms with Crippen molar-refractivity contribution in [2.45, 2.75) is 6.54 Å². The summed E-state index contributed by atoms with van der Waals surface area (Å²) in [5.41, 5.74) is 3.29. The van der Waals surface area contributed by atoms with Crippen LogP contribution in [-0.2, 0) is 11.3 Å². The van der Waals surface area contributed by atoms with E-state index in [1.807, 2.05) is 12.1 Å². The molecular weight excluding hydrogens is 410 g/mol. The second kappa shape index (κ2) is 10.3. The maximum atomic E-state index is 12.1. The van der Waals surface area contributed by atoms with Crippen molar-refractivity contribution in [2.24, 2.45) is 0 Å². The Balaban J connectivity index is 1.23. The number of carbonyl (C=O) groups is 1. The fourth-order valence-corrected chi connectivity index (χ4v) is 3.76. The molecule has 1 aliphatic rings. The lowest BCUT2D eigenvalue weighted by atomic mass is 10.2. The summed E-state index contributed by atoms with van der Waals surface area (Å²) in [6, 6.07) is 25.5. The quantitative estimate of drug-likeness (QED) is 0.585. The van der Waals surface area contributed by atoms with Gasteiger partial charge in [0.1, 0.15) is 5.75 Å². The van der Waals surface area contributed by atoms with Gasteiger partial charge in [0.2, 0.25) is 0 Å². The van der Waals surface area contributed by atoms with Gasteiger partial charge in [-0.1, -0.05) is 41.9 Å². The Bertz CT molecular complexity index is 970. The lowest BCUT2D eigenvalue weighted by molar-refractivity contribution is -0.118. The summed E-state index contributed by atoms with van der Waals surface area (Å²) < 4.78 is 5.48. The molecule has 1 saturated heterocycles. The summed E-state index contributed by atoms with van der Waals surface area (Å²) in [5.74, 6) is 0.415. The van der Waals surface area contributed by atoms with Crippen molar-refractivity contribution in [1.82, 2.24) is 4.90 Å². The number of amides is 1. The maximum Gasteiger partial charge on any atom is 0.262 e. The van der Waals surface area contributed by atoms with Crippen molar-refractivity contribution in [3.05, 3.63) is 89.4 Å². The molecule has 1 heterocycles. The second-order valence-corrected chi connectivity index (χ2v) is 8.02. The van der Waals surface area contributed by atoms with Gasteiger partial charge in [-0.25, -0.2) is 0 Å². The third-order valence-corrected chi connectivity index (χ3v) is 5.57. The Kier molecular flexibility index (Phi) is 7.07. The lowest BCUT2D eigenvalue weighted by Gasteiger charge is -2.36. The smallest absolute Gasteiger partial charge is 0.262 e. The van der Waals surface area contributed by atoms with Gasteiger partial charge >= 0.3 is 0 Å². The summed E-state index contributed by atoms with van der Waals surface area (Å²) in [6.45, 7) is 5.01. The molecule has 0 atom stereocenters. The molecule has 0 aromatic heterocycles. The predicted octanol–water partition coefficient (Wildman–Crippen LogP) is 4.68. The molecule has 1 aliphatic heterocycles. The van der Waals surface area contributed by atoms with E-state index >= 15 is 0 Å². The average Bonchev–Trinajstić information content (AvgIpc) is 2.80. The van der Waals surface area contributed by atoms with E-state index in [4.69, 9.17) is 16.3 Å². The highest BCUT2D eigenvalue weighted by atomic mass is 35.5. The van der Waals surface area contributed by atoms with E-state index in [-0.39, 0.29) is 12.5 Å². The first-order valence-electron chi connectivity index (χ1n) is 10.5. The standard InChI is InChI=1S/C25H26ClN3O2/c26-21-6-12-24(13-7-21)31-19-25(30)27-22-8-10-23(11-9-22)29-16-14-28(15-17-29)18-20-4-2-1-3-5-20/h1-13H,14-19H2,(H,27,30). The molecule has 1 N–H and O–H groups in total. The number of rotatable bonds is 7. The topological polar surface area (TPSA) is 44.8 Å². The Hall–Kier alpha value is -3.02. The van der Waals surface area contributed by atoms with Crippen LogP contribution in [0.25, 0.3) is 0 Å². The van der Waals surface area contributed by atoms with Gasteiger partial charge in [0.05, 0.1) is 0 Å².